The highest BCUT2D eigenvalue weighted by Gasteiger charge is 2.58. The van der Waals surface area contributed by atoms with Crippen molar-refractivity contribution >= 4 is 23.9 Å². The summed E-state index contributed by atoms with van der Waals surface area (Å²) in [6.07, 6.45) is -38.2. The minimum Gasteiger partial charge on any atom is -0.481 e. The number of ether oxygens (including phenoxy) is 12. The van der Waals surface area contributed by atoms with Crippen molar-refractivity contribution in [3.8, 4) is 0 Å². The zero-order valence-corrected chi connectivity index (χ0v) is 51.3. The first-order valence-electron chi connectivity index (χ1n) is 32.2. The minimum atomic E-state index is -2.06. The maximum Gasteiger partial charge on any atom is 0.330 e. The summed E-state index contributed by atoms with van der Waals surface area (Å²) in [7, 11) is 0. The fourth-order valence-corrected chi connectivity index (χ4v) is 14.1. The summed E-state index contributed by atoms with van der Waals surface area (Å²) in [6, 6.07) is 0. The second-order valence-electron chi connectivity index (χ2n) is 26.3. The fraction of sp³-hybridized carbons (Fsp3) is 0.867. The highest BCUT2D eigenvalue weighted by atomic mass is 16.7. The van der Waals surface area contributed by atoms with E-state index in [1.54, 1.807) is 12.2 Å². The van der Waals surface area contributed by atoms with Crippen LogP contribution in [0.4, 0.5) is 0 Å². The number of hydrogen-bond donors (Lipinski definition) is 18. The van der Waals surface area contributed by atoms with Crippen LogP contribution in [0.25, 0.3) is 0 Å². The molecule has 9 aliphatic rings. The molecular formula is C60H93O34+. The topological polar surface area (TPSA) is 547 Å². The van der Waals surface area contributed by atoms with E-state index in [-0.39, 0.29) is 50.0 Å². The van der Waals surface area contributed by atoms with Gasteiger partial charge in [-0.3, -0.25) is 9.59 Å². The molecule has 30 atom stereocenters. The van der Waals surface area contributed by atoms with Gasteiger partial charge in [0.1, 0.15) is 136 Å². The first-order chi connectivity index (χ1) is 44.7. The standard InChI is InChI=1S/C60H92O34/c61-19-35-44(71)48(75)53(80)58(91-35)88-32-13-25(56-34(17-29-30(64)15-27(63)16-31(29)87-56)90-60-55(82)51(78)47(74)38(94-60)22-85-42(69)18-39(65)66)14-33(43(32)70)89-59-54(81)50(77)46(73)37(93-59)21-84-41(68)12-6-24-3-9-28(10-4-24)86-57-52(79)49(76)45(72)36(92-57)20-83-40(67)11-5-23-1-7-26(62)8-2-23/h5-6,11-12,23-38,43-64,70-82H,1-4,7-10,13-22H2,(H,65,66)/p+1/t23?,24?,25?,26?,27?,28?,29?,30?,31?,32?,33?,34?,35-,36-,37-,38-,43?,44-,45-,46-,47-,48+,49+,50+,51+,52-,53-,54-,55-,56?,57-,58-,59-,60-/m1/s1. The summed E-state index contributed by atoms with van der Waals surface area (Å²) < 4.78 is 68.7. The average molecular weight is 1360 g/mol. The Morgan fingerprint density at radius 3 is 1.30 bits per heavy atom. The van der Waals surface area contributed by atoms with E-state index >= 15 is 0 Å². The number of carbonyl (C=O) groups excluding carboxylic acids is 3. The lowest BCUT2D eigenvalue weighted by molar-refractivity contribution is -0.365. The first kappa shape index (κ1) is 74.5. The van der Waals surface area contributed by atoms with E-state index in [0.717, 1.165) is 6.08 Å². The Kier molecular flexibility index (Phi) is 26.5. The summed E-state index contributed by atoms with van der Waals surface area (Å²) in [5.41, 5.74) is 0. The van der Waals surface area contributed by atoms with E-state index in [2.05, 4.69) is 0 Å². The van der Waals surface area contributed by atoms with E-state index in [4.69, 9.17) is 61.9 Å². The molecule has 0 radical (unpaired) electrons. The molecule has 0 amide bonds. The van der Waals surface area contributed by atoms with Gasteiger partial charge in [-0.2, -0.15) is 0 Å². The minimum absolute atomic E-state index is 0.0471. The Morgan fingerprint density at radius 2 is 0.840 bits per heavy atom. The van der Waals surface area contributed by atoms with Gasteiger partial charge in [0.15, 0.2) is 37.4 Å². The lowest BCUT2D eigenvalue weighted by Gasteiger charge is -2.50. The fourth-order valence-electron chi connectivity index (χ4n) is 14.1. The van der Waals surface area contributed by atoms with Crippen molar-refractivity contribution in [1.29, 1.82) is 0 Å². The lowest BCUT2D eigenvalue weighted by Crippen LogP contribution is -2.65. The Labute approximate surface area is 538 Å². The molecule has 5 heterocycles. The number of rotatable bonds is 22. The van der Waals surface area contributed by atoms with Gasteiger partial charge in [-0.15, -0.1) is 0 Å². The zero-order chi connectivity index (χ0) is 68.0. The molecule has 94 heavy (non-hydrogen) atoms. The van der Waals surface area contributed by atoms with E-state index < -0.39 is 246 Å². The van der Waals surface area contributed by atoms with Crippen LogP contribution < -0.4 is 0 Å². The molecular weight excluding hydrogens is 1260 g/mol. The number of fused-ring (bicyclic) bond motifs is 1. The van der Waals surface area contributed by atoms with Gasteiger partial charge >= 0.3 is 23.9 Å². The van der Waals surface area contributed by atoms with Crippen LogP contribution in [0.2, 0.25) is 0 Å². The van der Waals surface area contributed by atoms with Crippen LogP contribution in [0.15, 0.2) is 24.3 Å². The van der Waals surface area contributed by atoms with Crippen LogP contribution in [0, 0.1) is 23.7 Å². The highest BCUT2D eigenvalue weighted by molar-refractivity contribution is 5.90. The zero-order valence-electron chi connectivity index (χ0n) is 51.3. The van der Waals surface area contributed by atoms with Gasteiger partial charge in [-0.05, 0) is 82.5 Å². The van der Waals surface area contributed by atoms with Crippen LogP contribution in [0.1, 0.15) is 89.9 Å². The van der Waals surface area contributed by atoms with Crippen molar-refractivity contribution in [2.24, 2.45) is 23.7 Å². The molecule has 19 N–H and O–H groups in total. The van der Waals surface area contributed by atoms with Crippen molar-refractivity contribution in [2.45, 2.75) is 274 Å². The van der Waals surface area contributed by atoms with Crippen molar-refractivity contribution in [3.63, 3.8) is 0 Å². The number of allylic oxidation sites excluding steroid dienone is 2. The van der Waals surface area contributed by atoms with E-state index in [0.29, 0.717) is 51.4 Å². The van der Waals surface area contributed by atoms with Gasteiger partial charge in [-0.25, -0.2) is 9.59 Å². The van der Waals surface area contributed by atoms with E-state index in [9.17, 15) is 106 Å². The maximum atomic E-state index is 13.2. The largest absolute Gasteiger partial charge is 0.481 e. The Hall–Kier alpha value is -3.68. The van der Waals surface area contributed by atoms with Gasteiger partial charge in [0.25, 0.3) is 0 Å². The third-order valence-electron chi connectivity index (χ3n) is 19.6. The average Bonchev–Trinajstić information content (AvgIpc) is 0.766. The number of aliphatic hydroxyl groups is 19. The molecule has 5 saturated heterocycles. The SMILES string of the molecule is O=C(O)CC(=O)OC[C@H]1O[C@@H](OC2CC3C(O)CC(O)CC3[OH+]C2C2CC(O[C@@H]3O[C@H](CO)[C@@H](O)[C@H](O)[C@H]3O)C(O)C(O[C@@H]3O[C@H](COC(=O)C=CC4CCC(O[C@@H]5O[C@H](COC(=O)C=CC6CCC(O)CC6)[C@@H](O)[C@H](O)[C@H]5O)CC4)[C@@H](O)[C@H](O)[C@H]3O)C2)[C@H](O)[C@@H](O)[C@@H]1O. The van der Waals surface area contributed by atoms with Gasteiger partial charge in [0, 0.05) is 30.9 Å². The number of carboxylic acid groups (broad SMARTS) is 1. The van der Waals surface area contributed by atoms with Crippen molar-refractivity contribution < 1.29 is 168 Å². The number of hydrogen-bond acceptors (Lipinski definition) is 32. The Bertz CT molecular complexity index is 2500. The smallest absolute Gasteiger partial charge is 0.330 e. The Morgan fingerprint density at radius 1 is 0.426 bits per heavy atom. The van der Waals surface area contributed by atoms with Crippen molar-refractivity contribution in [3.05, 3.63) is 24.3 Å². The van der Waals surface area contributed by atoms with Gasteiger partial charge in [0.05, 0.1) is 49.1 Å². The van der Waals surface area contributed by atoms with Gasteiger partial charge < -0.3 is 149 Å². The molecule has 5 aliphatic heterocycles. The molecule has 0 aromatic heterocycles. The monoisotopic (exact) mass is 1360 g/mol. The van der Waals surface area contributed by atoms with Gasteiger partial charge in [-0.1, -0.05) is 12.2 Å². The Balaban J connectivity index is 0.838. The number of aliphatic hydroxyl groups excluding tert-OH is 17. The molecule has 0 bridgehead atoms. The third-order valence-corrected chi connectivity index (χ3v) is 19.6. The molecule has 10 unspecified atom stereocenters. The molecule has 4 aliphatic carbocycles. The van der Waals surface area contributed by atoms with Crippen LogP contribution in [0.3, 0.4) is 0 Å². The molecule has 4 saturated carbocycles. The quantitative estimate of drug-likeness (QED) is 0.0157. The third kappa shape index (κ3) is 18.4. The second-order valence-corrected chi connectivity index (χ2v) is 26.3. The van der Waals surface area contributed by atoms with Crippen LogP contribution >= 0.6 is 0 Å². The van der Waals surface area contributed by atoms with Gasteiger partial charge in [0.2, 0.25) is 0 Å². The van der Waals surface area contributed by atoms with Crippen LogP contribution in [0.5, 0.6) is 0 Å². The highest BCUT2D eigenvalue weighted by Crippen LogP contribution is 2.45. The predicted octanol–water partition coefficient (Wildman–Crippen LogP) is -7.72. The molecule has 0 aromatic carbocycles. The van der Waals surface area contributed by atoms with E-state index in [1.807, 2.05) is 0 Å². The molecule has 0 spiro atoms. The molecule has 9 rings (SSSR count). The number of aliphatic carboxylic acids is 1. The van der Waals surface area contributed by atoms with Crippen molar-refractivity contribution in [1.82, 2.24) is 0 Å². The second kappa shape index (κ2) is 33.5. The summed E-state index contributed by atoms with van der Waals surface area (Å²) in [6.45, 7) is -2.84. The number of carbonyl (C=O) groups is 4. The normalized spacial score (nSPS) is 47.2. The molecule has 0 aromatic rings. The molecule has 34 nitrogen and oxygen atoms in total. The summed E-state index contributed by atoms with van der Waals surface area (Å²) in [5.74, 6) is -6.11. The maximum absolute atomic E-state index is 13.2. The number of esters is 3. The molecule has 536 valence electrons. The molecule has 9 fully saturated rings. The van der Waals surface area contributed by atoms with Crippen molar-refractivity contribution in [2.75, 3.05) is 26.4 Å². The summed E-state index contributed by atoms with van der Waals surface area (Å²) in [4.78, 5) is 48.9. The first-order valence-corrected chi connectivity index (χ1v) is 32.2. The summed E-state index contributed by atoms with van der Waals surface area (Å²) >= 11 is 0. The van der Waals surface area contributed by atoms with E-state index in [1.165, 1.54) is 6.08 Å². The lowest BCUT2D eigenvalue weighted by atomic mass is 9.72. The van der Waals surface area contributed by atoms with Crippen LogP contribution in [-0.4, -0.2) is 331 Å². The summed E-state index contributed by atoms with van der Waals surface area (Å²) in [5, 5.41) is 194. The molecule has 34 heteroatoms. The predicted molar refractivity (Wildman–Crippen MR) is 305 cm³/mol. The number of carboxylic acids is 1. The van der Waals surface area contributed by atoms with Crippen LogP contribution in [-0.2, 0) is 71.3 Å².